The number of nitrogens with one attached hydrogen (secondary N) is 2. The molecule has 9 heteroatoms. The molecule has 0 spiro atoms. The minimum Gasteiger partial charge on any atom is -0.484 e. The number of fused-ring (bicyclic) bond motifs is 1. The largest absolute Gasteiger partial charge is 0.484 e. The molecule has 1 aliphatic heterocycles. The van der Waals surface area contributed by atoms with E-state index in [9.17, 15) is 18.0 Å². The van der Waals surface area contributed by atoms with E-state index in [2.05, 4.69) is 15.4 Å². The van der Waals surface area contributed by atoms with Gasteiger partial charge in [-0.3, -0.25) is 0 Å². The smallest absolute Gasteiger partial charge is 0.422 e. The highest BCUT2D eigenvalue weighted by molar-refractivity contribution is 5.73. The Kier molecular flexibility index (Phi) is 5.58. The van der Waals surface area contributed by atoms with Gasteiger partial charge in [0, 0.05) is 13.1 Å². The van der Waals surface area contributed by atoms with Crippen molar-refractivity contribution < 1.29 is 32.2 Å². The van der Waals surface area contributed by atoms with E-state index >= 15 is 0 Å². The van der Waals surface area contributed by atoms with Crippen LogP contribution in [-0.4, -0.2) is 25.6 Å². The lowest BCUT2D eigenvalue weighted by atomic mass is 10.2. The molecule has 0 radical (unpaired) electrons. The van der Waals surface area contributed by atoms with E-state index in [0.717, 1.165) is 5.56 Å². The number of hydrogen-bond donors (Lipinski definition) is 2. The van der Waals surface area contributed by atoms with Crippen LogP contribution in [-0.2, 0) is 13.1 Å². The second kappa shape index (κ2) is 8.07. The van der Waals surface area contributed by atoms with Crippen LogP contribution in [0.4, 0.5) is 18.0 Å². The minimum atomic E-state index is -4.40. The molecule has 0 atom stereocenters. The average Bonchev–Trinajstić information content (AvgIpc) is 3.10. The summed E-state index contributed by atoms with van der Waals surface area (Å²) in [5, 5.41) is 5.33. The Morgan fingerprint density at radius 2 is 1.70 bits per heavy atom. The Morgan fingerprint density at radius 3 is 2.44 bits per heavy atom. The van der Waals surface area contributed by atoms with Crippen molar-refractivity contribution in [3.05, 3.63) is 53.6 Å². The Bertz CT molecular complexity index is 811. The lowest BCUT2D eigenvalue weighted by molar-refractivity contribution is -0.153. The van der Waals surface area contributed by atoms with Crippen molar-refractivity contribution in [1.29, 1.82) is 0 Å². The number of carbonyl (C=O) groups excluding carboxylic acids is 1. The van der Waals surface area contributed by atoms with Crippen LogP contribution in [0.2, 0.25) is 0 Å². The number of carbonyl (C=O) groups is 1. The fourth-order valence-corrected chi connectivity index (χ4v) is 2.39. The van der Waals surface area contributed by atoms with E-state index < -0.39 is 18.8 Å². The molecule has 2 amide bonds. The molecule has 1 aliphatic rings. The first-order valence-electron chi connectivity index (χ1n) is 8.08. The number of rotatable bonds is 6. The quantitative estimate of drug-likeness (QED) is 0.804. The molecular formula is C18H17F3N2O4. The van der Waals surface area contributed by atoms with Crippen molar-refractivity contribution in [1.82, 2.24) is 10.6 Å². The predicted molar refractivity (Wildman–Crippen MR) is 89.6 cm³/mol. The first kappa shape index (κ1) is 18.7. The van der Waals surface area contributed by atoms with Gasteiger partial charge in [0.15, 0.2) is 18.1 Å². The molecule has 2 N–H and O–H groups in total. The summed E-state index contributed by atoms with van der Waals surface area (Å²) in [5.74, 6) is 1.38. The molecule has 0 fully saturated rings. The van der Waals surface area contributed by atoms with Gasteiger partial charge in [-0.05, 0) is 35.4 Å². The third-order valence-electron chi connectivity index (χ3n) is 3.64. The van der Waals surface area contributed by atoms with Crippen molar-refractivity contribution >= 4 is 6.03 Å². The van der Waals surface area contributed by atoms with Crippen LogP contribution in [0.1, 0.15) is 11.1 Å². The van der Waals surface area contributed by atoms with E-state index in [-0.39, 0.29) is 25.6 Å². The highest BCUT2D eigenvalue weighted by atomic mass is 19.4. The summed E-state index contributed by atoms with van der Waals surface area (Å²) in [6, 6.07) is 11.1. The maximum Gasteiger partial charge on any atom is 0.422 e. The average molecular weight is 382 g/mol. The lowest BCUT2D eigenvalue weighted by Gasteiger charge is -2.11. The molecule has 27 heavy (non-hydrogen) atoms. The fourth-order valence-electron chi connectivity index (χ4n) is 2.39. The van der Waals surface area contributed by atoms with Crippen molar-refractivity contribution in [2.24, 2.45) is 0 Å². The number of benzene rings is 2. The predicted octanol–water partition coefficient (Wildman–Crippen LogP) is 3.36. The Balaban J connectivity index is 1.45. The SMILES string of the molecule is O=C(NCc1cccc(OCC(F)(F)F)c1)NCc1ccc2c(c1)OCO2. The molecule has 0 aliphatic carbocycles. The van der Waals surface area contributed by atoms with Crippen molar-refractivity contribution in [3.8, 4) is 17.2 Å². The van der Waals surface area contributed by atoms with Crippen molar-refractivity contribution in [3.63, 3.8) is 0 Å². The Labute approximate surface area is 153 Å². The molecule has 0 unspecified atom stereocenters. The van der Waals surface area contributed by atoms with Gasteiger partial charge in [-0.25, -0.2) is 4.79 Å². The molecule has 3 rings (SSSR count). The summed E-state index contributed by atoms with van der Waals surface area (Å²) >= 11 is 0. The molecule has 6 nitrogen and oxygen atoms in total. The van der Waals surface area contributed by atoms with E-state index in [0.29, 0.717) is 17.1 Å². The fraction of sp³-hybridized carbons (Fsp3) is 0.278. The molecule has 0 aromatic heterocycles. The van der Waals surface area contributed by atoms with Crippen LogP contribution >= 0.6 is 0 Å². The minimum absolute atomic E-state index is 0.0902. The maximum atomic E-state index is 12.2. The zero-order valence-electron chi connectivity index (χ0n) is 14.1. The summed E-state index contributed by atoms with van der Waals surface area (Å²) in [4.78, 5) is 11.9. The topological polar surface area (TPSA) is 68.8 Å². The van der Waals surface area contributed by atoms with Gasteiger partial charge in [-0.1, -0.05) is 18.2 Å². The van der Waals surface area contributed by atoms with Gasteiger partial charge in [0.1, 0.15) is 5.75 Å². The Morgan fingerprint density at radius 1 is 1.00 bits per heavy atom. The number of hydrogen-bond acceptors (Lipinski definition) is 4. The van der Waals surface area contributed by atoms with Gasteiger partial charge in [0.25, 0.3) is 0 Å². The number of ether oxygens (including phenoxy) is 3. The number of halogens is 3. The van der Waals surface area contributed by atoms with E-state index in [1.54, 1.807) is 24.3 Å². The highest BCUT2D eigenvalue weighted by Crippen LogP contribution is 2.32. The van der Waals surface area contributed by atoms with Crippen molar-refractivity contribution in [2.45, 2.75) is 19.3 Å². The van der Waals surface area contributed by atoms with Gasteiger partial charge >= 0.3 is 12.2 Å². The highest BCUT2D eigenvalue weighted by Gasteiger charge is 2.28. The summed E-state index contributed by atoms with van der Waals surface area (Å²) < 4.78 is 51.7. The standard InChI is InChI=1S/C18H17F3N2O4/c19-18(20,21)10-25-14-3-1-2-12(6-14)8-22-17(24)23-9-13-4-5-15-16(7-13)27-11-26-15/h1-7H,8-11H2,(H2,22,23,24). The molecule has 2 aromatic carbocycles. The van der Waals surface area contributed by atoms with Crippen LogP contribution in [0.15, 0.2) is 42.5 Å². The monoisotopic (exact) mass is 382 g/mol. The molecule has 1 heterocycles. The van der Waals surface area contributed by atoms with Crippen LogP contribution in [0, 0.1) is 0 Å². The van der Waals surface area contributed by atoms with Gasteiger partial charge in [0.05, 0.1) is 0 Å². The summed E-state index contributed by atoms with van der Waals surface area (Å²) in [7, 11) is 0. The van der Waals surface area contributed by atoms with Gasteiger partial charge < -0.3 is 24.8 Å². The molecule has 2 aromatic rings. The van der Waals surface area contributed by atoms with Crippen molar-refractivity contribution in [2.75, 3.05) is 13.4 Å². The van der Waals surface area contributed by atoms with E-state index in [1.807, 2.05) is 6.07 Å². The second-order valence-corrected chi connectivity index (χ2v) is 5.78. The van der Waals surface area contributed by atoms with E-state index in [4.69, 9.17) is 9.47 Å². The first-order valence-corrected chi connectivity index (χ1v) is 8.08. The van der Waals surface area contributed by atoms with Gasteiger partial charge in [-0.15, -0.1) is 0 Å². The van der Waals surface area contributed by atoms with Gasteiger partial charge in [-0.2, -0.15) is 13.2 Å². The maximum absolute atomic E-state index is 12.2. The van der Waals surface area contributed by atoms with Crippen LogP contribution in [0.3, 0.4) is 0 Å². The molecule has 144 valence electrons. The zero-order chi connectivity index (χ0) is 19.3. The van der Waals surface area contributed by atoms with Crippen LogP contribution in [0.25, 0.3) is 0 Å². The molecule has 0 saturated carbocycles. The zero-order valence-corrected chi connectivity index (χ0v) is 14.1. The molecular weight excluding hydrogens is 365 g/mol. The summed E-state index contributed by atoms with van der Waals surface area (Å²) in [5.41, 5.74) is 1.46. The second-order valence-electron chi connectivity index (χ2n) is 5.78. The van der Waals surface area contributed by atoms with E-state index in [1.165, 1.54) is 12.1 Å². The third-order valence-corrected chi connectivity index (χ3v) is 3.64. The first-order chi connectivity index (χ1) is 12.9. The van der Waals surface area contributed by atoms with Crippen LogP contribution in [0.5, 0.6) is 17.2 Å². The number of urea groups is 1. The lowest BCUT2D eigenvalue weighted by Crippen LogP contribution is -2.34. The number of alkyl halides is 3. The Hall–Kier alpha value is -3.10. The summed E-state index contributed by atoms with van der Waals surface area (Å²) in [6.07, 6.45) is -4.40. The number of amides is 2. The summed E-state index contributed by atoms with van der Waals surface area (Å²) in [6.45, 7) is -0.744. The van der Waals surface area contributed by atoms with Crippen LogP contribution < -0.4 is 24.8 Å². The molecule has 0 bridgehead atoms. The normalized spacial score (nSPS) is 12.6. The molecule has 0 saturated heterocycles. The third kappa shape index (κ3) is 5.70. The van der Waals surface area contributed by atoms with Gasteiger partial charge in [0.2, 0.25) is 6.79 Å².